The monoisotopic (exact) mass is 307 g/mol. The molecule has 0 bridgehead atoms. The van der Waals surface area contributed by atoms with Crippen LogP contribution >= 0.6 is 23.1 Å². The summed E-state index contributed by atoms with van der Waals surface area (Å²) < 4.78 is 5.11. The van der Waals surface area contributed by atoms with E-state index in [-0.39, 0.29) is 5.91 Å². The van der Waals surface area contributed by atoms with Gasteiger partial charge >= 0.3 is 0 Å². The Hall–Kier alpha value is -1.60. The van der Waals surface area contributed by atoms with Crippen molar-refractivity contribution < 1.29 is 9.21 Å². The van der Waals surface area contributed by atoms with E-state index in [0.29, 0.717) is 18.1 Å². The van der Waals surface area contributed by atoms with Gasteiger partial charge in [-0.1, -0.05) is 0 Å². The molecule has 0 unspecified atom stereocenters. The van der Waals surface area contributed by atoms with Gasteiger partial charge in [0.1, 0.15) is 6.26 Å². The third-order valence-electron chi connectivity index (χ3n) is 2.82. The minimum absolute atomic E-state index is 0.120. The minimum atomic E-state index is -0.120. The highest BCUT2D eigenvalue weighted by Gasteiger charge is 2.27. The number of rotatable bonds is 2. The molecule has 1 aliphatic rings. The molecule has 20 heavy (non-hydrogen) atoms. The van der Waals surface area contributed by atoms with Crippen LogP contribution in [0.25, 0.3) is 6.08 Å². The van der Waals surface area contributed by atoms with E-state index < -0.39 is 0 Å². The zero-order valence-corrected chi connectivity index (χ0v) is 12.8. The lowest BCUT2D eigenvalue weighted by atomic mass is 10.3. The van der Waals surface area contributed by atoms with E-state index in [0.717, 1.165) is 21.5 Å². The number of aryl methyl sites for hydroxylation is 2. The second-order valence-corrected chi connectivity index (χ2v) is 6.51. The number of thioether (sulfide) groups is 1. The van der Waals surface area contributed by atoms with Gasteiger partial charge in [0.2, 0.25) is 0 Å². The van der Waals surface area contributed by atoms with Crippen LogP contribution in [0.15, 0.2) is 21.1 Å². The van der Waals surface area contributed by atoms with Crippen LogP contribution < -0.4 is 0 Å². The van der Waals surface area contributed by atoms with Crippen LogP contribution in [-0.2, 0) is 0 Å². The highest BCUT2D eigenvalue weighted by Crippen LogP contribution is 2.31. The average molecular weight is 307 g/mol. The van der Waals surface area contributed by atoms with Crippen LogP contribution in [-0.4, -0.2) is 33.1 Å². The van der Waals surface area contributed by atoms with E-state index in [2.05, 4.69) is 9.97 Å². The molecule has 5 nitrogen and oxygen atoms in total. The molecule has 0 radical (unpaired) electrons. The van der Waals surface area contributed by atoms with E-state index in [1.54, 1.807) is 34.9 Å². The average Bonchev–Trinajstić information content (AvgIpc) is 3.11. The molecule has 0 aromatic carbocycles. The van der Waals surface area contributed by atoms with Crippen molar-refractivity contribution in [1.82, 2.24) is 14.9 Å². The van der Waals surface area contributed by atoms with Gasteiger partial charge in [-0.15, -0.1) is 23.1 Å². The lowest BCUT2D eigenvalue weighted by Crippen LogP contribution is -2.27. The maximum absolute atomic E-state index is 12.4. The first-order chi connectivity index (χ1) is 9.63. The van der Waals surface area contributed by atoms with Crippen molar-refractivity contribution in [2.45, 2.75) is 13.8 Å². The summed E-state index contributed by atoms with van der Waals surface area (Å²) in [7, 11) is 0. The Morgan fingerprint density at radius 1 is 1.45 bits per heavy atom. The molecule has 1 aliphatic heterocycles. The van der Waals surface area contributed by atoms with Gasteiger partial charge in [0.15, 0.2) is 11.6 Å². The van der Waals surface area contributed by atoms with Crippen LogP contribution in [0.4, 0.5) is 0 Å². The zero-order valence-electron chi connectivity index (χ0n) is 11.1. The summed E-state index contributed by atoms with van der Waals surface area (Å²) in [5.74, 6) is 1.27. The predicted molar refractivity (Wildman–Crippen MR) is 79.6 cm³/mol. The molecule has 104 valence electrons. The Bertz CT molecular complexity index is 675. The van der Waals surface area contributed by atoms with Crippen LogP contribution in [0.3, 0.4) is 0 Å². The molecule has 0 atom stereocenters. The molecule has 7 heteroatoms. The molecule has 1 saturated heterocycles. The molecular formula is C13H13N3O2S2. The highest BCUT2D eigenvalue weighted by molar-refractivity contribution is 8.03. The molecule has 3 rings (SSSR count). The summed E-state index contributed by atoms with van der Waals surface area (Å²) in [5, 5.41) is 3.93. The summed E-state index contributed by atoms with van der Waals surface area (Å²) in [6, 6.07) is 0. The Morgan fingerprint density at radius 3 is 2.95 bits per heavy atom. The van der Waals surface area contributed by atoms with Gasteiger partial charge in [0.25, 0.3) is 5.91 Å². The molecule has 1 fully saturated rings. The number of hydrogen-bond acceptors (Lipinski definition) is 6. The fraction of sp³-hybridized carbons (Fsp3) is 0.308. The van der Waals surface area contributed by atoms with Crippen molar-refractivity contribution in [2.24, 2.45) is 0 Å². The van der Waals surface area contributed by atoms with Crippen molar-refractivity contribution in [3.8, 4) is 0 Å². The van der Waals surface area contributed by atoms with Crippen LogP contribution in [0.1, 0.15) is 27.1 Å². The van der Waals surface area contributed by atoms with Gasteiger partial charge in [-0.05, 0) is 13.0 Å². The second-order valence-electron chi connectivity index (χ2n) is 4.33. The fourth-order valence-electron chi connectivity index (χ4n) is 1.92. The number of carbonyl (C=O) groups is 1. The molecule has 1 amide bonds. The number of aromatic nitrogens is 2. The normalized spacial score (nSPS) is 17.1. The molecular weight excluding hydrogens is 294 g/mol. The number of nitrogens with zero attached hydrogens (tertiary/aromatic N) is 3. The van der Waals surface area contributed by atoms with E-state index >= 15 is 0 Å². The lowest BCUT2D eigenvalue weighted by molar-refractivity contribution is 0.0825. The summed E-state index contributed by atoms with van der Waals surface area (Å²) in [6.45, 7) is 4.38. The Labute approximate surface area is 124 Å². The van der Waals surface area contributed by atoms with Crippen LogP contribution in [0.5, 0.6) is 0 Å². The Kier molecular flexibility index (Phi) is 3.62. The molecule has 0 N–H and O–H groups in total. The lowest BCUT2D eigenvalue weighted by Gasteiger charge is -2.14. The topological polar surface area (TPSA) is 59.2 Å². The van der Waals surface area contributed by atoms with Gasteiger partial charge in [0.05, 0.1) is 15.7 Å². The second kappa shape index (κ2) is 5.41. The summed E-state index contributed by atoms with van der Waals surface area (Å²) in [5.41, 5.74) is 1.25. The Balaban J connectivity index is 1.85. The van der Waals surface area contributed by atoms with Crippen molar-refractivity contribution in [3.63, 3.8) is 0 Å². The standard InChI is InChI=1S/C13H13N3O2S2/c1-8-14-11(6-18-8)13(17)16-3-4-19-12(16)5-10-7-20-9(2)15-10/h5-7H,3-4H2,1-2H3/b12-5+. The van der Waals surface area contributed by atoms with Gasteiger partial charge in [-0.25, -0.2) is 9.97 Å². The van der Waals surface area contributed by atoms with Crippen LogP contribution in [0.2, 0.25) is 0 Å². The summed E-state index contributed by atoms with van der Waals surface area (Å²) >= 11 is 3.26. The maximum atomic E-state index is 12.4. The zero-order chi connectivity index (χ0) is 14.1. The van der Waals surface area contributed by atoms with Crippen molar-refractivity contribution in [2.75, 3.05) is 12.3 Å². The first kappa shape index (κ1) is 13.4. The first-order valence-electron chi connectivity index (χ1n) is 6.14. The quantitative estimate of drug-likeness (QED) is 0.853. The molecule has 0 aliphatic carbocycles. The van der Waals surface area contributed by atoms with Gasteiger partial charge in [-0.2, -0.15) is 0 Å². The molecule has 2 aromatic heterocycles. The molecule has 3 heterocycles. The van der Waals surface area contributed by atoms with Gasteiger partial charge in [0, 0.05) is 24.6 Å². The number of hydrogen-bond donors (Lipinski definition) is 0. The fourth-order valence-corrected chi connectivity index (χ4v) is 3.51. The van der Waals surface area contributed by atoms with E-state index in [9.17, 15) is 4.79 Å². The number of oxazole rings is 1. The minimum Gasteiger partial charge on any atom is -0.448 e. The third kappa shape index (κ3) is 2.64. The van der Waals surface area contributed by atoms with Gasteiger partial charge in [-0.3, -0.25) is 4.79 Å². The smallest absolute Gasteiger partial charge is 0.280 e. The first-order valence-corrected chi connectivity index (χ1v) is 8.00. The van der Waals surface area contributed by atoms with E-state index in [4.69, 9.17) is 4.42 Å². The molecule has 0 saturated carbocycles. The Morgan fingerprint density at radius 2 is 2.30 bits per heavy atom. The van der Waals surface area contributed by atoms with Crippen molar-refractivity contribution >= 4 is 35.1 Å². The van der Waals surface area contributed by atoms with E-state index in [1.807, 2.05) is 18.4 Å². The van der Waals surface area contributed by atoms with Crippen LogP contribution in [0, 0.1) is 13.8 Å². The summed E-state index contributed by atoms with van der Waals surface area (Å²) in [4.78, 5) is 22.6. The van der Waals surface area contributed by atoms with Crippen molar-refractivity contribution in [3.05, 3.63) is 39.0 Å². The largest absolute Gasteiger partial charge is 0.448 e. The number of amides is 1. The number of carbonyl (C=O) groups excluding carboxylic acids is 1. The van der Waals surface area contributed by atoms with Gasteiger partial charge < -0.3 is 9.32 Å². The van der Waals surface area contributed by atoms with E-state index in [1.165, 1.54) is 6.26 Å². The number of thiazole rings is 1. The maximum Gasteiger partial charge on any atom is 0.280 e. The van der Waals surface area contributed by atoms with Crippen molar-refractivity contribution in [1.29, 1.82) is 0 Å². The molecule has 0 spiro atoms. The summed E-state index contributed by atoms with van der Waals surface area (Å²) in [6.07, 6.45) is 3.36. The molecule has 2 aromatic rings. The highest BCUT2D eigenvalue weighted by atomic mass is 32.2. The third-order valence-corrected chi connectivity index (χ3v) is 4.63. The predicted octanol–water partition coefficient (Wildman–Crippen LogP) is 2.94. The SMILES string of the molecule is Cc1nc(C(=O)N2CCS/C2=C/c2csc(C)n2)co1.